The highest BCUT2D eigenvalue weighted by Crippen LogP contribution is 2.37. The zero-order chi connectivity index (χ0) is 29.0. The van der Waals surface area contributed by atoms with Crippen molar-refractivity contribution >= 4 is 39.1 Å². The minimum atomic E-state index is -4.80. The maximum absolute atomic E-state index is 13.7. The number of alkyl halides is 3. The molecule has 208 valence electrons. The predicted octanol–water partition coefficient (Wildman–Crippen LogP) is 5.03. The van der Waals surface area contributed by atoms with Crippen LogP contribution in [0.2, 0.25) is 5.02 Å². The molecule has 0 spiro atoms. The van der Waals surface area contributed by atoms with E-state index in [9.17, 15) is 31.2 Å². The van der Waals surface area contributed by atoms with E-state index in [1.165, 1.54) is 43.1 Å². The molecule has 7 nitrogen and oxygen atoms in total. The zero-order valence-electron chi connectivity index (χ0n) is 21.4. The van der Waals surface area contributed by atoms with Crippen LogP contribution in [0.4, 0.5) is 18.9 Å². The van der Waals surface area contributed by atoms with E-state index >= 15 is 0 Å². The van der Waals surface area contributed by atoms with Crippen molar-refractivity contribution in [1.82, 2.24) is 10.2 Å². The van der Waals surface area contributed by atoms with E-state index < -0.39 is 51.9 Å². The number of hydrogen-bond acceptors (Lipinski definition) is 4. The molecule has 3 rings (SSSR count). The van der Waals surface area contributed by atoms with Gasteiger partial charge in [0.2, 0.25) is 11.8 Å². The summed E-state index contributed by atoms with van der Waals surface area (Å²) in [7, 11) is -3.17. The van der Waals surface area contributed by atoms with Gasteiger partial charge in [0.15, 0.2) is 0 Å². The fraction of sp³-hybridized carbons (Fsp3) is 0.259. The molecule has 0 saturated carbocycles. The summed E-state index contributed by atoms with van der Waals surface area (Å²) in [5.74, 6) is -1.33. The van der Waals surface area contributed by atoms with Crippen molar-refractivity contribution in [1.29, 1.82) is 0 Å². The number of nitrogens with one attached hydrogen (secondary N) is 1. The lowest BCUT2D eigenvalue weighted by Crippen LogP contribution is -2.50. The van der Waals surface area contributed by atoms with Crippen LogP contribution in [0.1, 0.15) is 23.6 Å². The number of halogens is 4. The smallest absolute Gasteiger partial charge is 0.357 e. The van der Waals surface area contributed by atoms with Gasteiger partial charge >= 0.3 is 6.18 Å². The normalized spacial score (nSPS) is 12.5. The molecule has 0 heterocycles. The minimum absolute atomic E-state index is 0.0509. The first-order chi connectivity index (χ1) is 18.3. The lowest BCUT2D eigenvalue weighted by molar-refractivity contribution is -0.139. The molecule has 2 amide bonds. The third-order valence-electron chi connectivity index (χ3n) is 6.00. The topological polar surface area (TPSA) is 86.8 Å². The van der Waals surface area contributed by atoms with Crippen LogP contribution in [-0.2, 0) is 32.3 Å². The largest absolute Gasteiger partial charge is 0.416 e. The highest BCUT2D eigenvalue weighted by Gasteiger charge is 2.36. The number of rotatable bonds is 9. The maximum atomic E-state index is 13.7. The van der Waals surface area contributed by atoms with E-state index in [4.69, 9.17) is 11.6 Å². The molecule has 0 fully saturated rings. The van der Waals surface area contributed by atoms with Crippen LogP contribution in [0.3, 0.4) is 0 Å². The molecule has 0 saturated heterocycles. The Kier molecular flexibility index (Phi) is 9.29. The third-order valence-corrected chi connectivity index (χ3v) is 8.09. The summed E-state index contributed by atoms with van der Waals surface area (Å²) in [5.41, 5.74) is -0.0880. The van der Waals surface area contributed by atoms with E-state index in [1.54, 1.807) is 24.3 Å². The van der Waals surface area contributed by atoms with Crippen molar-refractivity contribution in [3.8, 4) is 0 Å². The third kappa shape index (κ3) is 7.10. The number of carbonyl (C=O) groups excluding carboxylic acids is 2. The standard InChI is InChI=1S/C27H27ClF3N3O4S/c1-18-8-7-9-20(14-18)16-33(19(2)26(36)32-3)25(35)17-34(39(37,38)22-10-5-4-6-11-22)24-15-21(27(29,30)31)12-13-23(24)28/h4-15,19H,16-17H2,1-3H3,(H,32,36). The zero-order valence-corrected chi connectivity index (χ0v) is 22.9. The molecule has 12 heteroatoms. The van der Waals surface area contributed by atoms with Gasteiger partial charge in [-0.2, -0.15) is 13.2 Å². The second-order valence-electron chi connectivity index (χ2n) is 8.79. The van der Waals surface area contributed by atoms with Crippen molar-refractivity contribution in [3.05, 3.63) is 94.5 Å². The molecule has 0 radical (unpaired) electrons. The SMILES string of the molecule is CNC(=O)C(C)N(Cc1cccc(C)c1)C(=O)CN(c1cc(C(F)(F)F)ccc1Cl)S(=O)(=O)c1ccccc1. The first-order valence-electron chi connectivity index (χ1n) is 11.8. The monoisotopic (exact) mass is 581 g/mol. The molecule has 0 aliphatic heterocycles. The Labute approximate surface area is 230 Å². The number of amides is 2. The summed E-state index contributed by atoms with van der Waals surface area (Å²) >= 11 is 6.22. The van der Waals surface area contributed by atoms with Crippen LogP contribution in [0.25, 0.3) is 0 Å². The van der Waals surface area contributed by atoms with Crippen molar-refractivity contribution < 1.29 is 31.2 Å². The maximum Gasteiger partial charge on any atom is 0.416 e. The number of anilines is 1. The lowest BCUT2D eigenvalue weighted by Gasteiger charge is -2.32. The molecule has 3 aromatic carbocycles. The van der Waals surface area contributed by atoms with Gasteiger partial charge in [0.25, 0.3) is 10.0 Å². The van der Waals surface area contributed by atoms with Crippen LogP contribution in [0.15, 0.2) is 77.7 Å². The average Bonchev–Trinajstić information content (AvgIpc) is 2.89. The molecule has 1 unspecified atom stereocenters. The average molecular weight is 582 g/mol. The van der Waals surface area contributed by atoms with Crippen molar-refractivity contribution in [2.24, 2.45) is 0 Å². The van der Waals surface area contributed by atoms with Gasteiger partial charge in [-0.25, -0.2) is 8.42 Å². The summed E-state index contributed by atoms with van der Waals surface area (Å²) in [6, 6.07) is 15.3. The summed E-state index contributed by atoms with van der Waals surface area (Å²) in [6.07, 6.45) is -4.80. The molecule has 0 bridgehead atoms. The predicted molar refractivity (Wildman–Crippen MR) is 143 cm³/mol. The number of carbonyl (C=O) groups is 2. The Hall–Kier alpha value is -3.57. The summed E-state index contributed by atoms with van der Waals surface area (Å²) in [6.45, 7) is 2.36. The van der Waals surface area contributed by atoms with Gasteiger partial charge < -0.3 is 10.2 Å². The first kappa shape index (κ1) is 30.0. The van der Waals surface area contributed by atoms with Gasteiger partial charge in [0.05, 0.1) is 21.2 Å². The Morgan fingerprint density at radius 1 is 1.00 bits per heavy atom. The number of likely N-dealkylation sites (N-methyl/N-ethyl adjacent to an activating group) is 1. The van der Waals surface area contributed by atoms with Crippen molar-refractivity contribution in [2.75, 3.05) is 17.9 Å². The number of hydrogen-bond donors (Lipinski definition) is 1. The van der Waals surface area contributed by atoms with Gasteiger partial charge in [-0.1, -0.05) is 59.6 Å². The van der Waals surface area contributed by atoms with E-state index in [0.29, 0.717) is 15.9 Å². The van der Waals surface area contributed by atoms with Gasteiger partial charge in [0.1, 0.15) is 12.6 Å². The van der Waals surface area contributed by atoms with E-state index in [1.807, 2.05) is 13.0 Å². The Morgan fingerprint density at radius 3 is 2.26 bits per heavy atom. The fourth-order valence-electron chi connectivity index (χ4n) is 3.91. The van der Waals surface area contributed by atoms with Gasteiger partial charge in [-0.05, 0) is 49.7 Å². The molecule has 3 aromatic rings. The highest BCUT2D eigenvalue weighted by atomic mass is 35.5. The van der Waals surface area contributed by atoms with E-state index in [-0.39, 0.29) is 16.5 Å². The summed E-state index contributed by atoms with van der Waals surface area (Å²) in [5, 5.41) is 2.16. The van der Waals surface area contributed by atoms with Crippen molar-refractivity contribution in [2.45, 2.75) is 37.5 Å². The molecule has 1 N–H and O–H groups in total. The molecular formula is C27H27ClF3N3O4S. The molecule has 1 atom stereocenters. The summed E-state index contributed by atoms with van der Waals surface area (Å²) < 4.78 is 68.6. The van der Waals surface area contributed by atoms with E-state index in [2.05, 4.69) is 5.32 Å². The fourth-order valence-corrected chi connectivity index (χ4v) is 5.63. The number of nitrogens with zero attached hydrogens (tertiary/aromatic N) is 2. The van der Waals surface area contributed by atoms with Gasteiger partial charge in [0, 0.05) is 13.6 Å². The van der Waals surface area contributed by atoms with Crippen LogP contribution < -0.4 is 9.62 Å². The van der Waals surface area contributed by atoms with Crippen LogP contribution >= 0.6 is 11.6 Å². The van der Waals surface area contributed by atoms with Gasteiger partial charge in [-0.3, -0.25) is 13.9 Å². The Morgan fingerprint density at radius 2 is 1.67 bits per heavy atom. The number of benzene rings is 3. The molecule has 0 aliphatic carbocycles. The molecule has 0 aliphatic rings. The molecule has 0 aromatic heterocycles. The molecule has 39 heavy (non-hydrogen) atoms. The second kappa shape index (κ2) is 12.1. The first-order valence-corrected chi connectivity index (χ1v) is 13.6. The number of aryl methyl sites for hydroxylation is 1. The number of sulfonamides is 1. The Bertz CT molecular complexity index is 1450. The van der Waals surface area contributed by atoms with Crippen LogP contribution in [0, 0.1) is 6.92 Å². The second-order valence-corrected chi connectivity index (χ2v) is 11.1. The minimum Gasteiger partial charge on any atom is -0.357 e. The van der Waals surface area contributed by atoms with Crippen LogP contribution in [-0.4, -0.2) is 44.8 Å². The Balaban J connectivity index is 2.13. The summed E-state index contributed by atoms with van der Waals surface area (Å²) in [4.78, 5) is 27.2. The van der Waals surface area contributed by atoms with E-state index in [0.717, 1.165) is 17.7 Å². The van der Waals surface area contributed by atoms with Crippen LogP contribution in [0.5, 0.6) is 0 Å². The lowest BCUT2D eigenvalue weighted by atomic mass is 10.1. The molecular weight excluding hydrogens is 555 g/mol. The van der Waals surface area contributed by atoms with Crippen molar-refractivity contribution in [3.63, 3.8) is 0 Å². The highest BCUT2D eigenvalue weighted by molar-refractivity contribution is 7.92. The quantitative estimate of drug-likeness (QED) is 0.384. The van der Waals surface area contributed by atoms with Gasteiger partial charge in [-0.15, -0.1) is 0 Å².